The summed E-state index contributed by atoms with van der Waals surface area (Å²) in [4.78, 5) is -0.320. The second kappa shape index (κ2) is 4.92. The van der Waals surface area contributed by atoms with Gasteiger partial charge in [-0.25, -0.2) is 0 Å². The van der Waals surface area contributed by atoms with Gasteiger partial charge in [-0.1, -0.05) is 6.32 Å². The van der Waals surface area contributed by atoms with Gasteiger partial charge in [0.05, 0.1) is 12.0 Å². The molecular formula is C2H3B3Cl2. The zero-order valence-corrected chi connectivity index (χ0v) is 5.28. The first-order chi connectivity index (χ1) is 3.27. The fourth-order valence-corrected chi connectivity index (χ4v) is 0.387. The van der Waals surface area contributed by atoms with Crippen LogP contribution in [0.15, 0.2) is 0 Å². The van der Waals surface area contributed by atoms with Crippen molar-refractivity contribution in [3.8, 4) is 0 Å². The summed E-state index contributed by atoms with van der Waals surface area (Å²) in [5.74, 6) is 0. The molecule has 0 unspecified atom stereocenters. The van der Waals surface area contributed by atoms with Crippen molar-refractivity contribution in [3.63, 3.8) is 0 Å². The Balaban J connectivity index is 2.68. The maximum atomic E-state index is 5.32. The molecule has 0 amide bonds. The summed E-state index contributed by atoms with van der Waals surface area (Å²) in [6.45, 7) is 0. The van der Waals surface area contributed by atoms with Crippen molar-refractivity contribution in [2.75, 3.05) is 0 Å². The summed E-state index contributed by atoms with van der Waals surface area (Å²) < 4.78 is 0. The van der Waals surface area contributed by atoms with Crippen molar-refractivity contribution in [1.29, 1.82) is 0 Å². The highest BCUT2D eigenvalue weighted by Crippen LogP contribution is 2.04. The molecule has 0 fully saturated rings. The molecule has 5 heteroatoms. The number of hydrogen-bond donors (Lipinski definition) is 0. The summed E-state index contributed by atoms with van der Waals surface area (Å²) >= 11 is 10.6. The fraction of sp³-hybridized carbons (Fsp3) is 1.00. The van der Waals surface area contributed by atoms with Gasteiger partial charge in [-0.15, -0.1) is 23.2 Å². The third-order valence-corrected chi connectivity index (χ3v) is 0.807. The quantitative estimate of drug-likeness (QED) is 0.388. The van der Waals surface area contributed by atoms with E-state index in [0.717, 1.165) is 0 Å². The van der Waals surface area contributed by atoms with E-state index < -0.39 is 0 Å². The lowest BCUT2D eigenvalue weighted by molar-refractivity contribution is 1.37. The number of halogens is 2. The SMILES string of the molecule is [B][B][B]CC(Cl)Cl. The Morgan fingerprint density at radius 1 is 1.57 bits per heavy atom. The molecule has 0 rings (SSSR count). The van der Waals surface area contributed by atoms with Gasteiger partial charge in [0, 0.05) is 14.8 Å². The van der Waals surface area contributed by atoms with Crippen molar-refractivity contribution in [2.24, 2.45) is 0 Å². The van der Waals surface area contributed by atoms with Crippen molar-refractivity contribution in [3.05, 3.63) is 0 Å². The lowest BCUT2D eigenvalue weighted by atomic mass is 9.27. The van der Waals surface area contributed by atoms with E-state index in [1.807, 2.05) is 0 Å². The van der Waals surface area contributed by atoms with E-state index in [-0.39, 0.29) is 4.84 Å². The van der Waals surface area contributed by atoms with Crippen LogP contribution in [0.3, 0.4) is 0 Å². The molecule has 0 aromatic heterocycles. The van der Waals surface area contributed by atoms with Gasteiger partial charge in [0.15, 0.2) is 0 Å². The first-order valence-electron chi connectivity index (χ1n) is 1.92. The van der Waals surface area contributed by atoms with Crippen molar-refractivity contribution >= 4 is 45.2 Å². The Morgan fingerprint density at radius 2 is 2.14 bits per heavy atom. The Morgan fingerprint density at radius 3 is 2.29 bits per heavy atom. The predicted octanol–water partition coefficient (Wildman–Crippen LogP) is 0.615. The molecule has 4 radical (unpaired) electrons. The molecule has 0 aliphatic rings. The van der Waals surface area contributed by atoms with Crippen LogP contribution < -0.4 is 0 Å². The van der Waals surface area contributed by atoms with Gasteiger partial charge in [0.25, 0.3) is 0 Å². The minimum atomic E-state index is -0.320. The van der Waals surface area contributed by atoms with Gasteiger partial charge >= 0.3 is 0 Å². The Hall–Kier alpha value is 0.775. The topological polar surface area (TPSA) is 0 Å². The van der Waals surface area contributed by atoms with E-state index in [4.69, 9.17) is 30.9 Å². The normalized spacial score (nSPS) is 9.00. The third kappa shape index (κ3) is 6.77. The average Bonchev–Trinajstić information content (AvgIpc) is 1.61. The molecule has 0 aromatic rings. The van der Waals surface area contributed by atoms with E-state index in [2.05, 4.69) is 0 Å². The van der Waals surface area contributed by atoms with Crippen LogP contribution in [-0.4, -0.2) is 26.8 Å². The molecule has 0 bridgehead atoms. The molecule has 0 aliphatic carbocycles. The highest BCUT2D eigenvalue weighted by Gasteiger charge is 1.95. The van der Waals surface area contributed by atoms with Crippen LogP contribution >= 0.6 is 23.2 Å². The summed E-state index contributed by atoms with van der Waals surface area (Å²) in [5.41, 5.74) is 0. The molecule has 0 saturated carbocycles. The van der Waals surface area contributed by atoms with Crippen LogP contribution in [0.25, 0.3) is 0 Å². The highest BCUT2D eigenvalue weighted by atomic mass is 35.5. The molecule has 0 aromatic carbocycles. The number of alkyl halides is 2. The van der Waals surface area contributed by atoms with Gasteiger partial charge in [-0.2, -0.15) is 0 Å². The first kappa shape index (κ1) is 7.77. The van der Waals surface area contributed by atoms with E-state index >= 15 is 0 Å². The van der Waals surface area contributed by atoms with Crippen LogP contribution in [0.4, 0.5) is 0 Å². The van der Waals surface area contributed by atoms with E-state index in [0.29, 0.717) is 6.32 Å². The van der Waals surface area contributed by atoms with Crippen molar-refractivity contribution < 1.29 is 0 Å². The number of rotatable bonds is 3. The average molecular weight is 130 g/mol. The molecule has 0 spiro atoms. The Bertz CT molecular complexity index is 39.9. The summed E-state index contributed by atoms with van der Waals surface area (Å²) in [5, 5.41) is 0. The largest absolute Gasteiger partial charge is 0.106 e. The lowest BCUT2D eigenvalue weighted by Gasteiger charge is -1.92. The van der Waals surface area contributed by atoms with Crippen LogP contribution in [-0.2, 0) is 0 Å². The summed E-state index contributed by atoms with van der Waals surface area (Å²) in [6, 6.07) is 0. The molecule has 34 valence electrons. The van der Waals surface area contributed by atoms with E-state index in [9.17, 15) is 0 Å². The van der Waals surface area contributed by atoms with Crippen LogP contribution in [0, 0.1) is 0 Å². The molecule has 0 saturated heterocycles. The molecule has 0 atom stereocenters. The Labute approximate surface area is 56.8 Å². The van der Waals surface area contributed by atoms with E-state index in [1.165, 1.54) is 7.06 Å². The maximum absolute atomic E-state index is 5.32. The maximum Gasteiger partial charge on any atom is 0.0997 e. The summed E-state index contributed by atoms with van der Waals surface area (Å²) in [6.07, 6.45) is 0.625. The molecule has 0 aliphatic heterocycles. The zero-order chi connectivity index (χ0) is 5.70. The minimum absolute atomic E-state index is 0.320. The molecule has 7 heavy (non-hydrogen) atoms. The molecule has 0 heterocycles. The second-order valence-electron chi connectivity index (χ2n) is 1.05. The zero-order valence-electron chi connectivity index (χ0n) is 3.77. The fourth-order valence-electron chi connectivity index (χ4n) is 0.181. The van der Waals surface area contributed by atoms with Gasteiger partial charge in [-0.05, 0) is 0 Å². The monoisotopic (exact) mass is 130 g/mol. The Kier molecular flexibility index (Phi) is 5.47. The molecular weight excluding hydrogens is 127 g/mol. The lowest BCUT2D eigenvalue weighted by Crippen LogP contribution is -2.05. The first-order valence-corrected chi connectivity index (χ1v) is 2.79. The van der Waals surface area contributed by atoms with Gasteiger partial charge in [0.2, 0.25) is 0 Å². The van der Waals surface area contributed by atoms with Crippen LogP contribution in [0.2, 0.25) is 6.32 Å². The smallest absolute Gasteiger partial charge is 0.0997 e. The van der Waals surface area contributed by atoms with Crippen LogP contribution in [0.5, 0.6) is 0 Å². The third-order valence-electron chi connectivity index (χ3n) is 0.450. The second-order valence-corrected chi connectivity index (χ2v) is 2.33. The van der Waals surface area contributed by atoms with Crippen LogP contribution in [0.1, 0.15) is 0 Å². The number of hydrogen-bond acceptors (Lipinski definition) is 0. The van der Waals surface area contributed by atoms with E-state index in [1.54, 1.807) is 7.17 Å². The predicted molar refractivity (Wildman–Crippen MR) is 37.6 cm³/mol. The summed E-state index contributed by atoms with van der Waals surface area (Å²) in [7, 11) is 8.12. The minimum Gasteiger partial charge on any atom is -0.106 e. The van der Waals surface area contributed by atoms with Gasteiger partial charge < -0.3 is 0 Å². The van der Waals surface area contributed by atoms with Gasteiger partial charge in [0.1, 0.15) is 0 Å². The molecule has 0 N–H and O–H groups in total. The standard InChI is InChI=1S/C2H3B3Cl2/c3-5-4-1-2(6)7/h2H,1H2. The molecule has 0 nitrogen and oxygen atoms in total. The van der Waals surface area contributed by atoms with Gasteiger partial charge in [-0.3, -0.25) is 0 Å². The highest BCUT2D eigenvalue weighted by molar-refractivity contribution is 7.24. The van der Waals surface area contributed by atoms with Crippen molar-refractivity contribution in [2.45, 2.75) is 11.2 Å². The van der Waals surface area contributed by atoms with Crippen molar-refractivity contribution in [1.82, 2.24) is 0 Å².